The van der Waals surface area contributed by atoms with Crippen LogP contribution in [0.3, 0.4) is 0 Å². The van der Waals surface area contributed by atoms with Crippen molar-refractivity contribution in [2.75, 3.05) is 11.4 Å². The molecule has 1 N–H and O–H groups in total. The van der Waals surface area contributed by atoms with Gasteiger partial charge in [0.2, 0.25) is 5.91 Å². The summed E-state index contributed by atoms with van der Waals surface area (Å²) in [6, 6.07) is 5.82. The minimum atomic E-state index is -4.34. The first-order chi connectivity index (χ1) is 12.3. The molecule has 0 spiro atoms. The summed E-state index contributed by atoms with van der Waals surface area (Å²) in [5.41, 5.74) is 0.551. The summed E-state index contributed by atoms with van der Waals surface area (Å²) in [6.07, 6.45) is -3.93. The molecule has 0 radical (unpaired) electrons. The number of anilines is 1. The lowest BCUT2D eigenvalue weighted by Crippen LogP contribution is -2.55. The van der Waals surface area contributed by atoms with E-state index < -0.39 is 30.1 Å². The highest BCUT2D eigenvalue weighted by Gasteiger charge is 2.46. The highest BCUT2D eigenvalue weighted by molar-refractivity contribution is 5.95. The lowest BCUT2D eigenvalue weighted by Gasteiger charge is -2.37. The monoisotopic (exact) mass is 370 g/mol. The number of para-hydroxylation sites is 2. The molecule has 2 aliphatic rings. The highest BCUT2D eigenvalue weighted by atomic mass is 19.4. The van der Waals surface area contributed by atoms with Gasteiger partial charge in [-0.15, -0.1) is 0 Å². The average Bonchev–Trinajstić information content (AvgIpc) is 2.60. The third-order valence-corrected chi connectivity index (χ3v) is 4.96. The second-order valence-corrected chi connectivity index (χ2v) is 6.75. The summed E-state index contributed by atoms with van der Waals surface area (Å²) >= 11 is 0. The highest BCUT2D eigenvalue weighted by Crippen LogP contribution is 2.38. The third-order valence-electron chi connectivity index (χ3n) is 4.96. The molecular weight excluding hydrogens is 349 g/mol. The Morgan fingerprint density at radius 3 is 2.58 bits per heavy atom. The molecule has 26 heavy (non-hydrogen) atoms. The topological polar surface area (TPSA) is 58.6 Å². The Labute approximate surface area is 149 Å². The molecule has 1 aromatic carbocycles. The molecular formula is C18H21F3N2O3. The van der Waals surface area contributed by atoms with Gasteiger partial charge in [0, 0.05) is 13.0 Å². The van der Waals surface area contributed by atoms with Gasteiger partial charge in [-0.1, -0.05) is 25.0 Å². The average molecular weight is 370 g/mol. The molecule has 2 amide bonds. The van der Waals surface area contributed by atoms with Gasteiger partial charge in [-0.3, -0.25) is 9.59 Å². The van der Waals surface area contributed by atoms with Crippen molar-refractivity contribution in [3.8, 4) is 5.75 Å². The summed E-state index contributed by atoms with van der Waals surface area (Å²) in [5.74, 6) is -2.05. The van der Waals surface area contributed by atoms with E-state index in [9.17, 15) is 22.8 Å². The molecule has 3 atom stereocenters. The van der Waals surface area contributed by atoms with Crippen molar-refractivity contribution < 1.29 is 27.5 Å². The van der Waals surface area contributed by atoms with Crippen LogP contribution in [0.25, 0.3) is 0 Å². The van der Waals surface area contributed by atoms with E-state index in [4.69, 9.17) is 4.74 Å². The number of nitrogens with one attached hydrogen (secondary N) is 1. The van der Waals surface area contributed by atoms with Crippen LogP contribution in [0.5, 0.6) is 5.75 Å². The first kappa shape index (κ1) is 18.5. The molecule has 8 heteroatoms. The molecule has 1 fully saturated rings. The number of carbonyl (C=O) groups is 2. The summed E-state index contributed by atoms with van der Waals surface area (Å²) < 4.78 is 45.3. The summed E-state index contributed by atoms with van der Waals surface area (Å²) in [7, 11) is 0. The maximum Gasteiger partial charge on any atom is 0.393 e. The van der Waals surface area contributed by atoms with Crippen molar-refractivity contribution in [3.05, 3.63) is 24.3 Å². The Kier molecular flexibility index (Phi) is 5.11. The standard InChI is InChI=1S/C18H21F3N2O3/c1-11(24)23-10-16(26-15-9-5-4-8-14(15)23)17(25)22-13-7-3-2-6-12(13)18(19,20)21/h4-5,8-9,12-13,16H,2-3,6-7,10H2,1H3,(H,22,25). The molecule has 3 rings (SSSR count). The van der Waals surface area contributed by atoms with E-state index in [1.54, 1.807) is 24.3 Å². The number of hydrogen-bond acceptors (Lipinski definition) is 3. The van der Waals surface area contributed by atoms with Crippen LogP contribution in [-0.4, -0.2) is 36.7 Å². The molecule has 1 aromatic rings. The van der Waals surface area contributed by atoms with E-state index in [0.717, 1.165) is 0 Å². The van der Waals surface area contributed by atoms with Gasteiger partial charge in [0.25, 0.3) is 5.91 Å². The zero-order valence-corrected chi connectivity index (χ0v) is 14.4. The van der Waals surface area contributed by atoms with Crippen LogP contribution in [0.15, 0.2) is 24.3 Å². The zero-order valence-electron chi connectivity index (χ0n) is 14.4. The van der Waals surface area contributed by atoms with E-state index >= 15 is 0 Å². The molecule has 0 aromatic heterocycles. The van der Waals surface area contributed by atoms with Gasteiger partial charge in [-0.05, 0) is 25.0 Å². The number of carbonyl (C=O) groups excluding carboxylic acids is 2. The number of halogens is 3. The van der Waals surface area contributed by atoms with Crippen LogP contribution in [-0.2, 0) is 9.59 Å². The number of rotatable bonds is 2. The fourth-order valence-corrected chi connectivity index (χ4v) is 3.64. The Morgan fingerprint density at radius 1 is 1.19 bits per heavy atom. The van der Waals surface area contributed by atoms with Crippen molar-refractivity contribution in [1.82, 2.24) is 5.32 Å². The Balaban J connectivity index is 1.75. The van der Waals surface area contributed by atoms with E-state index in [2.05, 4.69) is 5.32 Å². The molecule has 1 heterocycles. The van der Waals surface area contributed by atoms with Crippen molar-refractivity contribution >= 4 is 17.5 Å². The first-order valence-corrected chi connectivity index (χ1v) is 8.68. The van der Waals surface area contributed by atoms with Crippen LogP contribution in [0.2, 0.25) is 0 Å². The predicted octanol–water partition coefficient (Wildman–Crippen LogP) is 3.04. The maximum atomic E-state index is 13.2. The molecule has 3 unspecified atom stereocenters. The number of fused-ring (bicyclic) bond motifs is 1. The van der Waals surface area contributed by atoms with E-state index in [-0.39, 0.29) is 25.3 Å². The van der Waals surface area contributed by atoms with E-state index in [1.165, 1.54) is 11.8 Å². The first-order valence-electron chi connectivity index (χ1n) is 8.68. The molecule has 5 nitrogen and oxygen atoms in total. The van der Waals surface area contributed by atoms with Crippen LogP contribution >= 0.6 is 0 Å². The fraction of sp³-hybridized carbons (Fsp3) is 0.556. The van der Waals surface area contributed by atoms with Crippen LogP contribution in [0, 0.1) is 5.92 Å². The predicted molar refractivity (Wildman–Crippen MR) is 88.8 cm³/mol. The van der Waals surface area contributed by atoms with Gasteiger partial charge < -0.3 is 15.0 Å². The fourth-order valence-electron chi connectivity index (χ4n) is 3.64. The summed E-state index contributed by atoms with van der Waals surface area (Å²) in [6.45, 7) is 1.35. The number of alkyl halides is 3. The van der Waals surface area contributed by atoms with Gasteiger partial charge in [-0.25, -0.2) is 0 Å². The largest absolute Gasteiger partial charge is 0.477 e. The van der Waals surface area contributed by atoms with Crippen LogP contribution in [0.1, 0.15) is 32.6 Å². The summed E-state index contributed by atoms with van der Waals surface area (Å²) in [4.78, 5) is 25.9. The van der Waals surface area contributed by atoms with Crippen molar-refractivity contribution in [1.29, 1.82) is 0 Å². The lowest BCUT2D eigenvalue weighted by molar-refractivity contribution is -0.189. The smallest absolute Gasteiger partial charge is 0.393 e. The van der Waals surface area contributed by atoms with Gasteiger partial charge in [0.1, 0.15) is 5.75 Å². The van der Waals surface area contributed by atoms with Gasteiger partial charge >= 0.3 is 6.18 Å². The van der Waals surface area contributed by atoms with Crippen LogP contribution < -0.4 is 15.0 Å². The van der Waals surface area contributed by atoms with Crippen molar-refractivity contribution in [2.45, 2.75) is 50.9 Å². The minimum Gasteiger partial charge on any atom is -0.477 e. The third kappa shape index (κ3) is 3.78. The Morgan fingerprint density at radius 2 is 1.88 bits per heavy atom. The molecule has 1 saturated carbocycles. The normalized spacial score (nSPS) is 25.8. The maximum absolute atomic E-state index is 13.2. The van der Waals surface area contributed by atoms with Gasteiger partial charge in [0.15, 0.2) is 6.10 Å². The zero-order chi connectivity index (χ0) is 18.9. The Hall–Kier alpha value is -2.25. The van der Waals surface area contributed by atoms with E-state index in [1.807, 2.05) is 0 Å². The number of benzene rings is 1. The molecule has 0 saturated heterocycles. The SMILES string of the molecule is CC(=O)N1CC(C(=O)NC2CCCCC2C(F)(F)F)Oc2ccccc21. The van der Waals surface area contributed by atoms with E-state index in [0.29, 0.717) is 24.3 Å². The summed E-state index contributed by atoms with van der Waals surface area (Å²) in [5, 5.41) is 2.51. The van der Waals surface area contributed by atoms with Crippen molar-refractivity contribution in [2.24, 2.45) is 5.92 Å². The second kappa shape index (κ2) is 7.17. The molecule has 0 bridgehead atoms. The number of nitrogens with zero attached hydrogens (tertiary/aromatic N) is 1. The Bertz CT molecular complexity index is 693. The quantitative estimate of drug-likeness (QED) is 0.871. The number of hydrogen-bond donors (Lipinski definition) is 1. The minimum absolute atomic E-state index is 0.0162. The lowest BCUT2D eigenvalue weighted by atomic mass is 9.84. The van der Waals surface area contributed by atoms with Gasteiger partial charge in [0.05, 0.1) is 18.2 Å². The second-order valence-electron chi connectivity index (χ2n) is 6.75. The number of amides is 2. The van der Waals surface area contributed by atoms with Crippen LogP contribution in [0.4, 0.5) is 18.9 Å². The van der Waals surface area contributed by atoms with Gasteiger partial charge in [-0.2, -0.15) is 13.2 Å². The van der Waals surface area contributed by atoms with Crippen molar-refractivity contribution in [3.63, 3.8) is 0 Å². The molecule has 1 aliphatic heterocycles. The number of ether oxygens (including phenoxy) is 1. The molecule has 142 valence electrons. The molecule has 1 aliphatic carbocycles.